The summed E-state index contributed by atoms with van der Waals surface area (Å²) in [5, 5.41) is 5.21. The molecule has 0 aliphatic carbocycles. The van der Waals surface area contributed by atoms with Gasteiger partial charge in [0, 0.05) is 24.5 Å². The number of fused-ring (bicyclic) bond motifs is 1. The third-order valence-corrected chi connectivity index (χ3v) is 4.10. The van der Waals surface area contributed by atoms with E-state index < -0.39 is 17.7 Å². The number of nitrogens with one attached hydrogen (secondary N) is 2. The van der Waals surface area contributed by atoms with Gasteiger partial charge in [-0.25, -0.2) is 4.79 Å². The van der Waals surface area contributed by atoms with E-state index in [1.165, 1.54) is 11.8 Å². The molecule has 0 saturated carbocycles. The van der Waals surface area contributed by atoms with Crippen molar-refractivity contribution >= 4 is 45.2 Å². The third kappa shape index (κ3) is 4.87. The van der Waals surface area contributed by atoms with Gasteiger partial charge >= 0.3 is 6.09 Å². The highest BCUT2D eigenvalue weighted by atomic mass is 79.9. The molecule has 0 unspecified atom stereocenters. The second-order valence-corrected chi connectivity index (χ2v) is 7.74. The molecule has 26 heavy (non-hydrogen) atoms. The van der Waals surface area contributed by atoms with E-state index in [0.717, 1.165) is 0 Å². The molecule has 2 N–H and O–H groups in total. The zero-order valence-electron chi connectivity index (χ0n) is 15.3. The summed E-state index contributed by atoms with van der Waals surface area (Å²) in [6.07, 6.45) is -0.695. The minimum Gasteiger partial charge on any atom is -0.489 e. The lowest BCUT2D eigenvalue weighted by atomic mass is 10.2. The number of hydrogen-bond acceptors (Lipinski definition) is 5. The van der Waals surface area contributed by atoms with Crippen LogP contribution in [-0.4, -0.2) is 43.2 Å². The molecule has 1 aromatic carbocycles. The molecule has 0 aromatic heterocycles. The van der Waals surface area contributed by atoms with Gasteiger partial charge in [0.25, 0.3) is 5.91 Å². The maximum Gasteiger partial charge on any atom is 0.408 e. The van der Waals surface area contributed by atoms with Gasteiger partial charge in [0.1, 0.15) is 24.0 Å². The number of carbonyl (C=O) groups excluding carboxylic acids is 3. The summed E-state index contributed by atoms with van der Waals surface area (Å²) >= 11 is 3.37. The van der Waals surface area contributed by atoms with Gasteiger partial charge in [-0.05, 0) is 42.8 Å². The van der Waals surface area contributed by atoms with Crippen molar-refractivity contribution in [2.75, 3.05) is 23.9 Å². The van der Waals surface area contributed by atoms with E-state index >= 15 is 0 Å². The summed E-state index contributed by atoms with van der Waals surface area (Å²) in [4.78, 5) is 37.4. The summed E-state index contributed by atoms with van der Waals surface area (Å²) in [5.41, 5.74) is 0.367. The summed E-state index contributed by atoms with van der Waals surface area (Å²) in [5.74, 6) is -0.150. The fourth-order valence-corrected chi connectivity index (χ4v) is 2.79. The molecular weight excluding hydrogens is 406 g/mol. The first-order chi connectivity index (χ1) is 12.0. The Morgan fingerprint density at radius 3 is 2.58 bits per heavy atom. The van der Waals surface area contributed by atoms with Crippen molar-refractivity contribution < 1.29 is 23.9 Å². The van der Waals surface area contributed by atoms with Gasteiger partial charge in [0.05, 0.1) is 11.4 Å². The summed E-state index contributed by atoms with van der Waals surface area (Å²) in [6.45, 7) is 6.55. The van der Waals surface area contributed by atoms with Crippen LogP contribution >= 0.6 is 15.9 Å². The highest BCUT2D eigenvalue weighted by Crippen LogP contribution is 2.38. The van der Waals surface area contributed by atoms with Gasteiger partial charge in [-0.2, -0.15) is 0 Å². The Hall–Kier alpha value is -2.29. The highest BCUT2D eigenvalue weighted by molar-refractivity contribution is 9.10. The number of ether oxygens (including phenoxy) is 2. The second kappa shape index (κ2) is 7.53. The van der Waals surface area contributed by atoms with Crippen LogP contribution < -0.4 is 20.3 Å². The maximum absolute atomic E-state index is 12.7. The van der Waals surface area contributed by atoms with Crippen molar-refractivity contribution in [3.63, 3.8) is 0 Å². The van der Waals surface area contributed by atoms with Crippen LogP contribution in [0.25, 0.3) is 0 Å². The molecule has 9 heteroatoms. The topological polar surface area (TPSA) is 97.0 Å². The van der Waals surface area contributed by atoms with Gasteiger partial charge in [0.15, 0.2) is 0 Å². The normalized spacial score (nSPS) is 16.9. The Kier molecular flexibility index (Phi) is 5.80. The predicted octanol–water partition coefficient (Wildman–Crippen LogP) is 2.66. The van der Waals surface area contributed by atoms with Gasteiger partial charge < -0.3 is 25.0 Å². The molecule has 1 aliphatic heterocycles. The zero-order chi connectivity index (χ0) is 19.6. The number of likely N-dealkylation sites (N-methyl/N-ethyl adjacent to an activating group) is 1. The van der Waals surface area contributed by atoms with Gasteiger partial charge in [-0.15, -0.1) is 0 Å². The Labute approximate surface area is 160 Å². The van der Waals surface area contributed by atoms with E-state index in [1.807, 2.05) is 0 Å². The van der Waals surface area contributed by atoms with E-state index in [0.29, 0.717) is 21.6 Å². The van der Waals surface area contributed by atoms with E-state index in [2.05, 4.69) is 26.6 Å². The monoisotopic (exact) mass is 427 g/mol. The molecular formula is C17H22BrN3O5. The van der Waals surface area contributed by atoms with Gasteiger partial charge in [0.2, 0.25) is 5.91 Å². The molecule has 8 nitrogen and oxygen atoms in total. The van der Waals surface area contributed by atoms with Crippen LogP contribution in [0.5, 0.6) is 5.75 Å². The summed E-state index contributed by atoms with van der Waals surface area (Å²) in [6, 6.07) is 2.40. The minimum absolute atomic E-state index is 0.0590. The number of amides is 3. The van der Waals surface area contributed by atoms with Crippen molar-refractivity contribution in [3.05, 3.63) is 16.6 Å². The van der Waals surface area contributed by atoms with Crippen LogP contribution in [0.4, 0.5) is 16.2 Å². The van der Waals surface area contributed by atoms with Crippen LogP contribution in [-0.2, 0) is 14.3 Å². The quantitative estimate of drug-likeness (QED) is 0.755. The van der Waals surface area contributed by atoms with E-state index in [9.17, 15) is 14.4 Å². The average Bonchev–Trinajstić information content (AvgIpc) is 2.59. The Morgan fingerprint density at radius 2 is 2.00 bits per heavy atom. The number of rotatable bonds is 2. The first-order valence-corrected chi connectivity index (χ1v) is 8.78. The molecule has 0 spiro atoms. The molecule has 1 aromatic rings. The minimum atomic E-state index is -0.898. The molecule has 142 valence electrons. The molecule has 0 saturated heterocycles. The van der Waals surface area contributed by atoms with Crippen molar-refractivity contribution in [3.8, 4) is 5.75 Å². The van der Waals surface area contributed by atoms with Crippen molar-refractivity contribution in [2.45, 2.75) is 39.3 Å². The Balaban J connectivity index is 2.23. The molecule has 0 radical (unpaired) electrons. The van der Waals surface area contributed by atoms with Crippen LogP contribution in [0.15, 0.2) is 16.6 Å². The molecule has 0 fully saturated rings. The van der Waals surface area contributed by atoms with Crippen LogP contribution in [0.2, 0.25) is 0 Å². The Bertz CT molecular complexity index is 745. The number of carbonyl (C=O) groups is 3. The van der Waals surface area contributed by atoms with E-state index in [1.54, 1.807) is 40.0 Å². The Morgan fingerprint density at radius 1 is 1.35 bits per heavy atom. The molecule has 1 aliphatic rings. The fourth-order valence-electron chi connectivity index (χ4n) is 2.36. The first-order valence-electron chi connectivity index (χ1n) is 7.99. The molecule has 3 amide bonds. The third-order valence-electron chi connectivity index (χ3n) is 3.45. The lowest BCUT2D eigenvalue weighted by Crippen LogP contribution is -2.50. The average molecular weight is 428 g/mol. The molecule has 0 bridgehead atoms. The summed E-state index contributed by atoms with van der Waals surface area (Å²) in [7, 11) is 1.59. The second-order valence-electron chi connectivity index (χ2n) is 6.89. The smallest absolute Gasteiger partial charge is 0.408 e. The summed E-state index contributed by atoms with van der Waals surface area (Å²) < 4.78 is 11.5. The lowest BCUT2D eigenvalue weighted by molar-refractivity contribution is -0.120. The predicted molar refractivity (Wildman–Crippen MR) is 101 cm³/mol. The molecule has 1 atom stereocenters. The fraction of sp³-hybridized carbons (Fsp3) is 0.471. The SMILES string of the molecule is CC(=O)Nc1cc2c(cc1Br)N(C)C(=O)[C@@H](NC(=O)OC(C)(C)C)CO2. The number of anilines is 2. The standard InChI is InChI=1S/C17H22BrN3O5/c1-9(22)19-11-7-14-13(6-10(11)18)21(5)15(23)12(8-25-14)20-16(24)26-17(2,3)4/h6-7,12H,8H2,1-5H3,(H,19,22)(H,20,24)/t12-/m0/s1. The van der Waals surface area contributed by atoms with Crippen molar-refractivity contribution in [2.24, 2.45) is 0 Å². The van der Waals surface area contributed by atoms with E-state index in [-0.39, 0.29) is 18.4 Å². The lowest BCUT2D eigenvalue weighted by Gasteiger charge is -2.23. The first kappa shape index (κ1) is 20.0. The molecule has 1 heterocycles. The number of benzene rings is 1. The van der Waals surface area contributed by atoms with Gasteiger partial charge in [-0.3, -0.25) is 9.59 Å². The van der Waals surface area contributed by atoms with E-state index in [4.69, 9.17) is 9.47 Å². The highest BCUT2D eigenvalue weighted by Gasteiger charge is 2.32. The maximum atomic E-state index is 12.7. The van der Waals surface area contributed by atoms with Crippen molar-refractivity contribution in [1.29, 1.82) is 0 Å². The molecule has 2 rings (SSSR count). The largest absolute Gasteiger partial charge is 0.489 e. The van der Waals surface area contributed by atoms with Crippen LogP contribution in [0, 0.1) is 0 Å². The number of halogens is 1. The number of nitrogens with zero attached hydrogens (tertiary/aromatic N) is 1. The van der Waals surface area contributed by atoms with Crippen LogP contribution in [0.3, 0.4) is 0 Å². The van der Waals surface area contributed by atoms with Gasteiger partial charge in [-0.1, -0.05) is 0 Å². The van der Waals surface area contributed by atoms with Crippen LogP contribution in [0.1, 0.15) is 27.7 Å². The number of alkyl carbamates (subject to hydrolysis) is 1. The van der Waals surface area contributed by atoms with Crippen molar-refractivity contribution in [1.82, 2.24) is 5.32 Å². The number of hydrogen-bond donors (Lipinski definition) is 2. The zero-order valence-corrected chi connectivity index (χ0v) is 16.9.